The van der Waals surface area contributed by atoms with E-state index in [2.05, 4.69) is 27.7 Å². The Morgan fingerprint density at radius 2 is 0.978 bits per heavy atom. The summed E-state index contributed by atoms with van der Waals surface area (Å²) < 4.78 is 11.3. The van der Waals surface area contributed by atoms with E-state index >= 15 is 0 Å². The van der Waals surface area contributed by atoms with Gasteiger partial charge in [0.1, 0.15) is 0 Å². The number of benzene rings is 2. The monoisotopic (exact) mass is 632 g/mol. The lowest BCUT2D eigenvalue weighted by atomic mass is 9.75. The molecule has 1 aliphatic rings. The number of rotatable bonds is 18. The standard InChI is InChI=1S/C40H56O6/c1-9-13-15-27(11-3)25-45-35(41)23-39(5,6)29-17-19-31-33(21-29)37(43)32-20-18-30(22-34(32)38(31)44)40(7,8)24-36(42)46-26-28(12-4)16-14-10-2/h17-22,27-28H,9-16,23-26H2,1-8H3. The molecule has 252 valence electrons. The molecule has 3 rings (SSSR count). The van der Waals surface area contributed by atoms with Crippen LogP contribution in [0.3, 0.4) is 0 Å². The van der Waals surface area contributed by atoms with Crippen molar-refractivity contribution in [3.8, 4) is 0 Å². The number of hydrogen-bond donors (Lipinski definition) is 0. The first-order valence-corrected chi connectivity index (χ1v) is 17.5. The zero-order chi connectivity index (χ0) is 34.1. The third-order valence-corrected chi connectivity index (χ3v) is 9.80. The van der Waals surface area contributed by atoms with Crippen molar-refractivity contribution in [3.63, 3.8) is 0 Å². The fraction of sp³-hybridized carbons (Fsp3) is 0.600. The molecule has 6 heteroatoms. The molecule has 0 N–H and O–H groups in total. The Labute approximate surface area is 277 Å². The molecule has 0 heterocycles. The van der Waals surface area contributed by atoms with E-state index < -0.39 is 10.8 Å². The van der Waals surface area contributed by atoms with Gasteiger partial charge in [-0.2, -0.15) is 0 Å². The Hall–Kier alpha value is -3.28. The summed E-state index contributed by atoms with van der Waals surface area (Å²) >= 11 is 0. The van der Waals surface area contributed by atoms with E-state index in [1.807, 2.05) is 39.8 Å². The molecule has 0 spiro atoms. The summed E-state index contributed by atoms with van der Waals surface area (Å²) in [5.41, 5.74) is 1.86. The molecule has 2 atom stereocenters. The van der Waals surface area contributed by atoms with Crippen molar-refractivity contribution in [2.45, 2.75) is 130 Å². The molecule has 0 bridgehead atoms. The average Bonchev–Trinajstić information content (AvgIpc) is 3.02. The fourth-order valence-electron chi connectivity index (χ4n) is 6.24. The van der Waals surface area contributed by atoms with Crippen molar-refractivity contribution in [2.75, 3.05) is 13.2 Å². The van der Waals surface area contributed by atoms with E-state index in [9.17, 15) is 19.2 Å². The van der Waals surface area contributed by atoms with Crippen LogP contribution < -0.4 is 0 Å². The van der Waals surface area contributed by atoms with Gasteiger partial charge >= 0.3 is 11.9 Å². The summed E-state index contributed by atoms with van der Waals surface area (Å²) in [6.45, 7) is 17.3. The second kappa shape index (κ2) is 16.5. The Kier molecular flexibility index (Phi) is 13.3. The van der Waals surface area contributed by atoms with Gasteiger partial charge < -0.3 is 9.47 Å². The summed E-state index contributed by atoms with van der Waals surface area (Å²) in [6, 6.07) is 10.6. The van der Waals surface area contributed by atoms with Gasteiger partial charge in [0.15, 0.2) is 11.6 Å². The molecule has 0 fully saturated rings. The number of hydrogen-bond acceptors (Lipinski definition) is 6. The van der Waals surface area contributed by atoms with Crippen molar-refractivity contribution < 1.29 is 28.7 Å². The molecular formula is C40H56O6. The molecule has 0 amide bonds. The van der Waals surface area contributed by atoms with Crippen LogP contribution in [-0.4, -0.2) is 36.7 Å². The predicted octanol–water partition coefficient (Wildman–Crippen LogP) is 9.32. The summed E-state index contributed by atoms with van der Waals surface area (Å²) in [6.07, 6.45) is 8.89. The van der Waals surface area contributed by atoms with Gasteiger partial charge in [-0.1, -0.05) is 106 Å². The minimum atomic E-state index is -0.587. The molecule has 2 aromatic rings. The Morgan fingerprint density at radius 1 is 0.609 bits per heavy atom. The summed E-state index contributed by atoms with van der Waals surface area (Å²) in [5.74, 6) is -0.209. The lowest BCUT2D eigenvalue weighted by Gasteiger charge is -2.28. The van der Waals surface area contributed by atoms with E-state index in [1.54, 1.807) is 24.3 Å². The number of unbranched alkanes of at least 4 members (excludes halogenated alkanes) is 2. The Morgan fingerprint density at radius 3 is 1.30 bits per heavy atom. The number of carbonyl (C=O) groups excluding carboxylic acids is 4. The number of carbonyl (C=O) groups is 4. The van der Waals surface area contributed by atoms with E-state index in [0.717, 1.165) is 62.5 Å². The van der Waals surface area contributed by atoms with Crippen LogP contribution in [0.2, 0.25) is 0 Å². The molecule has 2 unspecified atom stereocenters. The second-order valence-electron chi connectivity index (χ2n) is 14.5. The van der Waals surface area contributed by atoms with Crippen molar-refractivity contribution in [3.05, 3.63) is 69.8 Å². The van der Waals surface area contributed by atoms with Crippen molar-refractivity contribution in [1.29, 1.82) is 0 Å². The first-order valence-electron chi connectivity index (χ1n) is 17.5. The van der Waals surface area contributed by atoms with Gasteiger partial charge in [0.05, 0.1) is 26.1 Å². The topological polar surface area (TPSA) is 86.7 Å². The van der Waals surface area contributed by atoms with Crippen LogP contribution in [0.15, 0.2) is 36.4 Å². The smallest absolute Gasteiger partial charge is 0.306 e. The van der Waals surface area contributed by atoms with Gasteiger partial charge in [-0.15, -0.1) is 0 Å². The van der Waals surface area contributed by atoms with Crippen molar-refractivity contribution in [1.82, 2.24) is 0 Å². The van der Waals surface area contributed by atoms with Gasteiger partial charge in [-0.3, -0.25) is 19.2 Å². The lowest BCUT2D eigenvalue weighted by molar-refractivity contribution is -0.147. The zero-order valence-corrected chi connectivity index (χ0v) is 29.6. The Bertz CT molecular complexity index is 1280. The maximum absolute atomic E-state index is 13.7. The van der Waals surface area contributed by atoms with Gasteiger partial charge in [0.2, 0.25) is 0 Å². The molecule has 0 saturated carbocycles. The summed E-state index contributed by atoms with van der Waals surface area (Å²) in [5, 5.41) is 0. The highest BCUT2D eigenvalue weighted by molar-refractivity contribution is 6.28. The number of esters is 2. The number of ketones is 2. The molecule has 0 saturated heterocycles. The van der Waals surface area contributed by atoms with Crippen molar-refractivity contribution in [2.24, 2.45) is 11.8 Å². The molecule has 0 aliphatic heterocycles. The molecule has 2 aromatic carbocycles. The van der Waals surface area contributed by atoms with E-state index in [0.29, 0.717) is 47.3 Å². The highest BCUT2D eigenvalue weighted by Gasteiger charge is 2.35. The van der Waals surface area contributed by atoms with E-state index in [1.165, 1.54) is 0 Å². The maximum Gasteiger partial charge on any atom is 0.306 e. The Balaban J connectivity index is 1.73. The molecule has 1 aliphatic carbocycles. The molecule has 0 radical (unpaired) electrons. The normalized spacial score (nSPS) is 14.3. The van der Waals surface area contributed by atoms with Crippen molar-refractivity contribution >= 4 is 23.5 Å². The predicted molar refractivity (Wildman–Crippen MR) is 184 cm³/mol. The van der Waals surface area contributed by atoms with Crippen LogP contribution in [0.4, 0.5) is 0 Å². The van der Waals surface area contributed by atoms with Crippen LogP contribution in [0.1, 0.15) is 163 Å². The van der Waals surface area contributed by atoms with Crippen LogP contribution in [-0.2, 0) is 29.9 Å². The third-order valence-electron chi connectivity index (χ3n) is 9.80. The number of ether oxygens (including phenoxy) is 2. The second-order valence-corrected chi connectivity index (χ2v) is 14.5. The SMILES string of the molecule is CCCCC(CC)COC(=O)CC(C)(C)c1ccc2c(c1)C(=O)c1ccc(C(C)(C)CC(=O)OCC(CC)CCCC)cc1C2=O. The first kappa shape index (κ1) is 37.2. The largest absolute Gasteiger partial charge is 0.465 e. The molecule has 0 aromatic heterocycles. The average molecular weight is 633 g/mol. The van der Waals surface area contributed by atoms with Gasteiger partial charge in [-0.05, 0) is 60.1 Å². The molecule has 6 nitrogen and oxygen atoms in total. The van der Waals surface area contributed by atoms with Crippen LogP contribution >= 0.6 is 0 Å². The van der Waals surface area contributed by atoms with Gasteiger partial charge in [0, 0.05) is 33.1 Å². The third kappa shape index (κ3) is 9.39. The summed E-state index contributed by atoms with van der Waals surface area (Å²) in [4.78, 5) is 53.1. The quantitative estimate of drug-likeness (QED) is 0.130. The maximum atomic E-state index is 13.7. The summed E-state index contributed by atoms with van der Waals surface area (Å²) in [7, 11) is 0. The van der Waals surface area contributed by atoms with E-state index in [4.69, 9.17) is 9.47 Å². The molecule has 46 heavy (non-hydrogen) atoms. The zero-order valence-electron chi connectivity index (χ0n) is 29.6. The van der Waals surface area contributed by atoms with Gasteiger partial charge in [-0.25, -0.2) is 0 Å². The minimum absolute atomic E-state index is 0.174. The van der Waals surface area contributed by atoms with Crippen LogP contribution in [0, 0.1) is 11.8 Å². The molecular weight excluding hydrogens is 576 g/mol. The van der Waals surface area contributed by atoms with Crippen LogP contribution in [0.5, 0.6) is 0 Å². The van der Waals surface area contributed by atoms with Crippen LogP contribution in [0.25, 0.3) is 0 Å². The highest BCUT2D eigenvalue weighted by atomic mass is 16.5. The minimum Gasteiger partial charge on any atom is -0.465 e. The lowest BCUT2D eigenvalue weighted by Crippen LogP contribution is -2.28. The van der Waals surface area contributed by atoms with Gasteiger partial charge in [0.25, 0.3) is 0 Å². The first-order chi connectivity index (χ1) is 21.8. The highest BCUT2D eigenvalue weighted by Crippen LogP contribution is 2.36. The number of fused-ring (bicyclic) bond motifs is 2. The fourth-order valence-corrected chi connectivity index (χ4v) is 6.24. The van der Waals surface area contributed by atoms with E-state index in [-0.39, 0.29) is 36.3 Å².